The Morgan fingerprint density at radius 1 is 1.04 bits per heavy atom. The lowest BCUT2D eigenvalue weighted by Crippen LogP contribution is -2.32. The van der Waals surface area contributed by atoms with Crippen LogP contribution in [0.2, 0.25) is 0 Å². The van der Waals surface area contributed by atoms with Gasteiger partial charge in [0.2, 0.25) is 11.1 Å². The summed E-state index contributed by atoms with van der Waals surface area (Å²) < 4.78 is 6.20. The first kappa shape index (κ1) is 15.9. The molecular formula is C16H20N8S. The van der Waals surface area contributed by atoms with Gasteiger partial charge in [0, 0.05) is 44.1 Å². The van der Waals surface area contributed by atoms with Gasteiger partial charge in [-0.2, -0.15) is 9.06 Å². The number of hydrogen-bond donors (Lipinski definition) is 0. The van der Waals surface area contributed by atoms with E-state index in [4.69, 9.17) is 0 Å². The van der Waals surface area contributed by atoms with Crippen LogP contribution in [0.25, 0.3) is 5.69 Å². The molecule has 0 atom stereocenters. The summed E-state index contributed by atoms with van der Waals surface area (Å²) in [6.07, 6.45) is 1.91. The van der Waals surface area contributed by atoms with Crippen LogP contribution in [0.5, 0.6) is 0 Å². The molecule has 0 aliphatic carbocycles. The Labute approximate surface area is 150 Å². The maximum Gasteiger partial charge on any atom is 0.250 e. The third kappa shape index (κ3) is 3.32. The Kier molecular flexibility index (Phi) is 4.55. The van der Waals surface area contributed by atoms with Crippen LogP contribution < -0.4 is 9.80 Å². The third-order valence-corrected chi connectivity index (χ3v) is 5.09. The van der Waals surface area contributed by atoms with Crippen LogP contribution in [-0.2, 0) is 6.42 Å². The van der Waals surface area contributed by atoms with Gasteiger partial charge in [0.15, 0.2) is 0 Å². The number of nitrogens with zero attached hydrogens (tertiary/aromatic N) is 8. The number of aromatic nitrogens is 6. The van der Waals surface area contributed by atoms with E-state index in [-0.39, 0.29) is 0 Å². The molecule has 0 amide bonds. The van der Waals surface area contributed by atoms with Gasteiger partial charge < -0.3 is 9.80 Å². The van der Waals surface area contributed by atoms with Crippen LogP contribution in [0, 0.1) is 0 Å². The Hall–Kier alpha value is -2.55. The van der Waals surface area contributed by atoms with Gasteiger partial charge in [-0.3, -0.25) is 0 Å². The average molecular weight is 356 g/mol. The average Bonchev–Trinajstić information content (AvgIpc) is 3.27. The zero-order valence-corrected chi connectivity index (χ0v) is 14.9. The molecule has 25 heavy (non-hydrogen) atoms. The largest absolute Gasteiger partial charge is 0.345 e. The van der Waals surface area contributed by atoms with Crippen LogP contribution in [0.1, 0.15) is 19.2 Å². The Bertz CT molecular complexity index is 814. The number of tetrazole rings is 1. The summed E-state index contributed by atoms with van der Waals surface area (Å²) in [6, 6.07) is 10.00. The van der Waals surface area contributed by atoms with E-state index in [9.17, 15) is 0 Å². The highest BCUT2D eigenvalue weighted by Gasteiger charge is 2.22. The van der Waals surface area contributed by atoms with E-state index in [1.165, 1.54) is 11.5 Å². The second-order valence-electron chi connectivity index (χ2n) is 5.90. The van der Waals surface area contributed by atoms with Crippen LogP contribution >= 0.6 is 11.5 Å². The van der Waals surface area contributed by atoms with Crippen molar-refractivity contribution in [2.24, 2.45) is 0 Å². The van der Waals surface area contributed by atoms with E-state index in [0.717, 1.165) is 61.6 Å². The minimum absolute atomic E-state index is 0.791. The predicted octanol–water partition coefficient (Wildman–Crippen LogP) is 1.79. The normalized spacial score (nSPS) is 15.4. The van der Waals surface area contributed by atoms with Gasteiger partial charge in [-0.1, -0.05) is 30.2 Å². The Morgan fingerprint density at radius 2 is 1.84 bits per heavy atom. The van der Waals surface area contributed by atoms with E-state index in [2.05, 4.69) is 41.6 Å². The quantitative estimate of drug-likeness (QED) is 0.705. The van der Waals surface area contributed by atoms with Crippen molar-refractivity contribution in [2.75, 3.05) is 36.0 Å². The lowest BCUT2D eigenvalue weighted by Gasteiger charge is -2.21. The van der Waals surface area contributed by atoms with Crippen LogP contribution in [0.4, 0.5) is 11.1 Å². The Morgan fingerprint density at radius 3 is 2.64 bits per heavy atom. The van der Waals surface area contributed by atoms with Crippen molar-refractivity contribution < 1.29 is 0 Å². The SMILES string of the molecule is CCc1nsc(N2CCCN(c3nnnn3-c3ccccc3)CC2)n1. The molecule has 3 heterocycles. The fraction of sp³-hybridized carbons (Fsp3) is 0.438. The van der Waals surface area contributed by atoms with Gasteiger partial charge in [0.25, 0.3) is 0 Å². The first-order valence-electron chi connectivity index (χ1n) is 8.51. The van der Waals surface area contributed by atoms with Gasteiger partial charge in [0.1, 0.15) is 5.82 Å². The minimum atomic E-state index is 0.791. The monoisotopic (exact) mass is 356 g/mol. The van der Waals surface area contributed by atoms with Crippen molar-refractivity contribution in [3.63, 3.8) is 0 Å². The van der Waals surface area contributed by atoms with Crippen LogP contribution in [-0.4, -0.2) is 55.7 Å². The standard InChI is InChI=1S/C16H20N8S/c1-2-14-17-16(25-19-14)23-10-6-9-22(11-12-23)15-18-20-21-24(15)13-7-4-3-5-8-13/h3-5,7-8H,2,6,9-12H2,1H3. The maximum atomic E-state index is 4.62. The van der Waals surface area contributed by atoms with Crippen molar-refractivity contribution in [1.82, 2.24) is 29.6 Å². The number of rotatable bonds is 4. The first-order valence-corrected chi connectivity index (χ1v) is 9.29. The van der Waals surface area contributed by atoms with Crippen LogP contribution in [0.3, 0.4) is 0 Å². The molecule has 1 fully saturated rings. The van der Waals surface area contributed by atoms with Gasteiger partial charge >= 0.3 is 0 Å². The summed E-state index contributed by atoms with van der Waals surface area (Å²) in [5.74, 6) is 1.72. The predicted molar refractivity (Wildman–Crippen MR) is 97.5 cm³/mol. The molecule has 0 bridgehead atoms. The Balaban J connectivity index is 1.51. The highest BCUT2D eigenvalue weighted by molar-refractivity contribution is 7.09. The second kappa shape index (κ2) is 7.14. The second-order valence-corrected chi connectivity index (χ2v) is 6.63. The van der Waals surface area contributed by atoms with E-state index in [1.807, 2.05) is 30.3 Å². The summed E-state index contributed by atoms with van der Waals surface area (Å²) in [4.78, 5) is 9.17. The molecule has 3 aromatic rings. The zero-order chi connectivity index (χ0) is 17.1. The molecule has 0 spiro atoms. The molecule has 0 unspecified atom stereocenters. The minimum Gasteiger partial charge on any atom is -0.345 e. The van der Waals surface area contributed by atoms with E-state index in [0.29, 0.717) is 0 Å². The maximum absolute atomic E-state index is 4.62. The molecule has 130 valence electrons. The summed E-state index contributed by atoms with van der Waals surface area (Å²) in [6.45, 7) is 5.72. The molecule has 4 rings (SSSR count). The smallest absolute Gasteiger partial charge is 0.250 e. The molecule has 1 saturated heterocycles. The van der Waals surface area contributed by atoms with Crippen molar-refractivity contribution in [1.29, 1.82) is 0 Å². The molecule has 1 aliphatic heterocycles. The van der Waals surface area contributed by atoms with E-state index in [1.54, 1.807) is 4.68 Å². The van der Waals surface area contributed by atoms with Crippen LogP contribution in [0.15, 0.2) is 30.3 Å². The molecule has 9 heteroatoms. The highest BCUT2D eigenvalue weighted by Crippen LogP contribution is 2.22. The van der Waals surface area contributed by atoms with Gasteiger partial charge in [-0.15, -0.1) is 0 Å². The summed E-state index contributed by atoms with van der Waals surface area (Å²) >= 11 is 1.49. The van der Waals surface area contributed by atoms with E-state index < -0.39 is 0 Å². The molecule has 1 aliphatic rings. The number of para-hydroxylation sites is 1. The third-order valence-electron chi connectivity index (χ3n) is 4.28. The topological polar surface area (TPSA) is 75.9 Å². The number of hydrogen-bond acceptors (Lipinski definition) is 8. The number of benzene rings is 1. The fourth-order valence-electron chi connectivity index (χ4n) is 2.94. The lowest BCUT2D eigenvalue weighted by atomic mass is 10.3. The van der Waals surface area contributed by atoms with Crippen molar-refractivity contribution >= 4 is 22.6 Å². The number of aryl methyl sites for hydroxylation is 1. The molecule has 0 radical (unpaired) electrons. The number of anilines is 2. The molecule has 8 nitrogen and oxygen atoms in total. The summed E-state index contributed by atoms with van der Waals surface area (Å²) in [7, 11) is 0. The molecular weight excluding hydrogens is 336 g/mol. The van der Waals surface area contributed by atoms with Crippen molar-refractivity contribution in [3.05, 3.63) is 36.2 Å². The lowest BCUT2D eigenvalue weighted by molar-refractivity contribution is 0.743. The zero-order valence-electron chi connectivity index (χ0n) is 14.1. The van der Waals surface area contributed by atoms with Gasteiger partial charge in [-0.25, -0.2) is 4.98 Å². The molecule has 1 aromatic carbocycles. The fourth-order valence-corrected chi connectivity index (χ4v) is 3.74. The van der Waals surface area contributed by atoms with Crippen molar-refractivity contribution in [2.45, 2.75) is 19.8 Å². The summed E-state index contributed by atoms with van der Waals surface area (Å²) in [5.41, 5.74) is 0.973. The van der Waals surface area contributed by atoms with Gasteiger partial charge in [0.05, 0.1) is 5.69 Å². The van der Waals surface area contributed by atoms with Crippen molar-refractivity contribution in [3.8, 4) is 5.69 Å². The highest BCUT2D eigenvalue weighted by atomic mass is 32.1. The molecule has 2 aromatic heterocycles. The first-order chi connectivity index (χ1) is 12.3. The van der Waals surface area contributed by atoms with Gasteiger partial charge in [-0.05, 0) is 29.0 Å². The summed E-state index contributed by atoms with van der Waals surface area (Å²) in [5, 5.41) is 13.3. The molecule has 0 saturated carbocycles. The molecule has 0 N–H and O–H groups in total. The van der Waals surface area contributed by atoms with E-state index >= 15 is 0 Å².